The summed E-state index contributed by atoms with van der Waals surface area (Å²) < 4.78 is 21.6. The third-order valence-corrected chi connectivity index (χ3v) is 5.92. The summed E-state index contributed by atoms with van der Waals surface area (Å²) in [5.74, 6) is -0.811. The number of nitrogens with zero attached hydrogens (tertiary/aromatic N) is 1. The van der Waals surface area contributed by atoms with Crippen molar-refractivity contribution in [2.45, 2.75) is 70.6 Å². The first-order chi connectivity index (χ1) is 17.6. The lowest BCUT2D eigenvalue weighted by Crippen LogP contribution is -2.32. The van der Waals surface area contributed by atoms with Crippen molar-refractivity contribution >= 4 is 23.6 Å². The molecule has 10 nitrogen and oxygen atoms in total. The standard InChI is InChI=1S/C26H41NO9/c28-23(21-22-7-4-2-1-3-5-8-22)9-6-13-32-15-17-34-19-20-35-18-16-33-14-12-26(31)36-27-24(29)10-11-25(27)30/h1-2,22H,3-21H2/b2-1+. The number of carbonyl (C=O) groups is 4. The number of amides is 2. The van der Waals surface area contributed by atoms with Gasteiger partial charge in [-0.1, -0.05) is 12.2 Å². The molecule has 0 aromatic carbocycles. The summed E-state index contributed by atoms with van der Waals surface area (Å²) in [5, 5.41) is 0.524. The molecule has 36 heavy (non-hydrogen) atoms. The normalized spacial score (nSPS) is 19.2. The molecule has 0 N–H and O–H groups in total. The first-order valence-corrected chi connectivity index (χ1v) is 13.1. The number of carbonyl (C=O) groups excluding carboxylic acids is 4. The quantitative estimate of drug-likeness (QED) is 0.146. The highest BCUT2D eigenvalue weighted by Gasteiger charge is 2.32. The van der Waals surface area contributed by atoms with Crippen molar-refractivity contribution in [1.29, 1.82) is 0 Å². The van der Waals surface area contributed by atoms with E-state index in [1.165, 1.54) is 6.42 Å². The van der Waals surface area contributed by atoms with Gasteiger partial charge in [0.05, 0.1) is 52.7 Å². The van der Waals surface area contributed by atoms with E-state index in [4.69, 9.17) is 23.8 Å². The number of ketones is 1. The minimum Gasteiger partial charge on any atom is -0.379 e. The van der Waals surface area contributed by atoms with E-state index in [0.29, 0.717) is 75.9 Å². The van der Waals surface area contributed by atoms with Crippen LogP contribution in [0.3, 0.4) is 0 Å². The first kappa shape index (κ1) is 30.1. The van der Waals surface area contributed by atoms with Crippen molar-refractivity contribution in [2.24, 2.45) is 5.92 Å². The number of hydroxylamine groups is 2. The van der Waals surface area contributed by atoms with Gasteiger partial charge in [-0.05, 0) is 44.4 Å². The summed E-state index contributed by atoms with van der Waals surface area (Å²) in [7, 11) is 0. The smallest absolute Gasteiger partial charge is 0.335 e. The van der Waals surface area contributed by atoms with E-state index < -0.39 is 17.8 Å². The van der Waals surface area contributed by atoms with Crippen molar-refractivity contribution < 1.29 is 43.0 Å². The zero-order valence-electron chi connectivity index (χ0n) is 21.3. The zero-order chi connectivity index (χ0) is 25.8. The summed E-state index contributed by atoms with van der Waals surface area (Å²) in [6, 6.07) is 0. The maximum atomic E-state index is 12.2. The van der Waals surface area contributed by atoms with Crippen molar-refractivity contribution in [3.63, 3.8) is 0 Å². The molecule has 1 unspecified atom stereocenters. The molecule has 1 saturated heterocycles. The number of Topliss-reactive ketones (excluding diaryl/α,β-unsaturated/α-hetero) is 1. The molecule has 1 aliphatic carbocycles. The Bertz CT molecular complexity index is 694. The van der Waals surface area contributed by atoms with E-state index >= 15 is 0 Å². The van der Waals surface area contributed by atoms with Crippen molar-refractivity contribution in [3.05, 3.63) is 12.2 Å². The number of allylic oxidation sites excluding steroid dienone is 2. The monoisotopic (exact) mass is 511 g/mol. The van der Waals surface area contributed by atoms with Gasteiger partial charge in [-0.25, -0.2) is 4.79 Å². The molecule has 1 heterocycles. The number of hydrogen-bond acceptors (Lipinski definition) is 9. The van der Waals surface area contributed by atoms with E-state index in [1.807, 2.05) is 0 Å². The minimum atomic E-state index is -0.690. The third kappa shape index (κ3) is 13.8. The molecule has 0 aromatic rings. The number of imide groups is 1. The number of rotatable bonds is 19. The van der Waals surface area contributed by atoms with E-state index in [9.17, 15) is 19.2 Å². The number of ether oxygens (including phenoxy) is 4. The average Bonchev–Trinajstić information content (AvgIpc) is 3.15. The third-order valence-electron chi connectivity index (χ3n) is 5.92. The average molecular weight is 512 g/mol. The van der Waals surface area contributed by atoms with Crippen molar-refractivity contribution in [3.8, 4) is 0 Å². The van der Waals surface area contributed by atoms with E-state index in [2.05, 4.69) is 12.2 Å². The van der Waals surface area contributed by atoms with Crippen LogP contribution in [0.15, 0.2) is 12.2 Å². The maximum absolute atomic E-state index is 12.2. The lowest BCUT2D eigenvalue weighted by molar-refractivity contribution is -0.198. The minimum absolute atomic E-state index is 0.0628. The molecule has 0 saturated carbocycles. The van der Waals surface area contributed by atoms with Gasteiger partial charge in [0.1, 0.15) is 5.78 Å². The highest BCUT2D eigenvalue weighted by molar-refractivity contribution is 6.01. The Labute approximate surface area is 213 Å². The predicted octanol–water partition coefficient (Wildman–Crippen LogP) is 2.93. The van der Waals surface area contributed by atoms with Crippen LogP contribution in [-0.4, -0.2) is 81.5 Å². The van der Waals surface area contributed by atoms with Crippen molar-refractivity contribution in [2.75, 3.05) is 52.9 Å². The maximum Gasteiger partial charge on any atom is 0.335 e. The Morgan fingerprint density at radius 1 is 0.750 bits per heavy atom. The second-order valence-corrected chi connectivity index (χ2v) is 8.94. The zero-order valence-corrected chi connectivity index (χ0v) is 21.3. The fraction of sp³-hybridized carbons (Fsp3) is 0.769. The molecule has 2 amide bonds. The van der Waals surface area contributed by atoms with E-state index in [-0.39, 0.29) is 25.9 Å². The summed E-state index contributed by atoms with van der Waals surface area (Å²) in [6.45, 7) is 3.12. The Morgan fingerprint density at radius 2 is 1.33 bits per heavy atom. The van der Waals surface area contributed by atoms with Gasteiger partial charge < -0.3 is 23.8 Å². The van der Waals surface area contributed by atoms with Gasteiger partial charge in [0.15, 0.2) is 0 Å². The van der Waals surface area contributed by atoms with Gasteiger partial charge in [0.2, 0.25) is 0 Å². The molecule has 0 radical (unpaired) electrons. The van der Waals surface area contributed by atoms with Crippen molar-refractivity contribution in [1.82, 2.24) is 5.06 Å². The lowest BCUT2D eigenvalue weighted by Gasteiger charge is -2.16. The molecular weight excluding hydrogens is 470 g/mol. The van der Waals surface area contributed by atoms with Gasteiger partial charge in [0.25, 0.3) is 11.8 Å². The largest absolute Gasteiger partial charge is 0.379 e. The molecule has 0 spiro atoms. The second-order valence-electron chi connectivity index (χ2n) is 8.94. The molecule has 204 valence electrons. The summed E-state index contributed by atoms with van der Waals surface area (Å²) in [5.41, 5.74) is 0. The fourth-order valence-electron chi connectivity index (χ4n) is 3.96. The van der Waals surface area contributed by atoms with Crippen LogP contribution in [0.1, 0.15) is 70.6 Å². The highest BCUT2D eigenvalue weighted by Crippen LogP contribution is 2.22. The van der Waals surface area contributed by atoms with Gasteiger partial charge in [-0.2, -0.15) is 0 Å². The van der Waals surface area contributed by atoms with Crippen LogP contribution in [0.4, 0.5) is 0 Å². The molecule has 0 aromatic heterocycles. The van der Waals surface area contributed by atoms with Crippen LogP contribution < -0.4 is 0 Å². The Hall–Kier alpha value is -2.14. The van der Waals surface area contributed by atoms with Crippen LogP contribution in [0.25, 0.3) is 0 Å². The molecule has 10 heteroatoms. The van der Waals surface area contributed by atoms with Crippen LogP contribution in [0.5, 0.6) is 0 Å². The Morgan fingerprint density at radius 3 is 2.00 bits per heavy atom. The lowest BCUT2D eigenvalue weighted by atomic mass is 9.89. The van der Waals surface area contributed by atoms with Crippen LogP contribution in [0, 0.1) is 5.92 Å². The van der Waals surface area contributed by atoms with E-state index in [0.717, 1.165) is 32.1 Å². The van der Waals surface area contributed by atoms with Gasteiger partial charge in [-0.15, -0.1) is 5.06 Å². The SMILES string of the molecule is O=C(CCCOCCOCCOCCOCCC(=O)ON1C(=O)CCC1=O)CC1CC/C=C/CCC1. The molecule has 2 aliphatic rings. The topological polar surface area (TPSA) is 118 Å². The van der Waals surface area contributed by atoms with Gasteiger partial charge in [0, 0.05) is 32.3 Å². The summed E-state index contributed by atoms with van der Waals surface area (Å²) in [6.07, 6.45) is 12.3. The molecular formula is C26H41NO9. The predicted molar refractivity (Wildman–Crippen MR) is 130 cm³/mol. The first-order valence-electron chi connectivity index (χ1n) is 13.1. The molecule has 1 fully saturated rings. The summed E-state index contributed by atoms with van der Waals surface area (Å²) >= 11 is 0. The summed E-state index contributed by atoms with van der Waals surface area (Å²) in [4.78, 5) is 51.3. The second kappa shape index (κ2) is 19.0. The fourth-order valence-corrected chi connectivity index (χ4v) is 3.96. The van der Waals surface area contributed by atoms with Gasteiger partial charge in [-0.3, -0.25) is 14.4 Å². The number of hydrogen-bond donors (Lipinski definition) is 0. The molecule has 1 atom stereocenters. The van der Waals surface area contributed by atoms with Gasteiger partial charge >= 0.3 is 5.97 Å². The van der Waals surface area contributed by atoms with E-state index in [1.54, 1.807) is 0 Å². The molecule has 1 aliphatic heterocycles. The van der Waals surface area contributed by atoms with Crippen LogP contribution in [0.2, 0.25) is 0 Å². The Balaban J connectivity index is 1.29. The highest BCUT2D eigenvalue weighted by atomic mass is 16.7. The van der Waals surface area contributed by atoms with Crippen LogP contribution >= 0.6 is 0 Å². The van der Waals surface area contributed by atoms with Crippen LogP contribution in [-0.2, 0) is 43.0 Å². The molecule has 0 bridgehead atoms. The molecule has 2 rings (SSSR count). The Kier molecular flexibility index (Phi) is 15.9.